The second-order valence-corrected chi connectivity index (χ2v) is 4.85. The van der Waals surface area contributed by atoms with Crippen LogP contribution >= 0.6 is 0 Å². The van der Waals surface area contributed by atoms with Crippen LogP contribution in [0.3, 0.4) is 0 Å². The van der Waals surface area contributed by atoms with E-state index in [9.17, 15) is 5.11 Å². The summed E-state index contributed by atoms with van der Waals surface area (Å²) in [7, 11) is 0. The second-order valence-electron chi connectivity index (χ2n) is 4.85. The second kappa shape index (κ2) is 8.25. The van der Waals surface area contributed by atoms with Crippen LogP contribution in [-0.4, -0.2) is 41.9 Å². The average Bonchev–Trinajstić information content (AvgIpc) is 2.37. The van der Waals surface area contributed by atoms with E-state index < -0.39 is 6.10 Å². The number of nitrogens with zero attached hydrogens (tertiary/aromatic N) is 1. The Hall–Kier alpha value is -0.900. The Balaban J connectivity index is 2.37. The molecule has 0 fully saturated rings. The topological polar surface area (TPSA) is 32.7 Å². The molecule has 0 bridgehead atoms. The van der Waals surface area contributed by atoms with Crippen molar-refractivity contribution in [2.24, 2.45) is 0 Å². The molecule has 0 aliphatic rings. The average molecular weight is 251 g/mol. The fraction of sp³-hybridized carbons (Fsp3) is 0.600. The lowest BCUT2D eigenvalue weighted by Crippen LogP contribution is -2.35. The third-order valence-corrected chi connectivity index (χ3v) is 2.79. The predicted molar refractivity (Wildman–Crippen MR) is 74.5 cm³/mol. The molecule has 1 N–H and O–H groups in total. The van der Waals surface area contributed by atoms with Gasteiger partial charge in [0.15, 0.2) is 0 Å². The van der Waals surface area contributed by atoms with Crippen molar-refractivity contribution in [3.8, 4) is 0 Å². The zero-order valence-electron chi connectivity index (χ0n) is 11.7. The Morgan fingerprint density at radius 1 is 1.22 bits per heavy atom. The first-order valence-electron chi connectivity index (χ1n) is 6.67. The van der Waals surface area contributed by atoms with Gasteiger partial charge in [0.1, 0.15) is 0 Å². The molecule has 1 aromatic rings. The molecular weight excluding hydrogens is 226 g/mol. The van der Waals surface area contributed by atoms with Crippen LogP contribution in [0.4, 0.5) is 0 Å². The molecule has 102 valence electrons. The van der Waals surface area contributed by atoms with Crippen molar-refractivity contribution < 1.29 is 9.84 Å². The van der Waals surface area contributed by atoms with Crippen LogP contribution in [0.25, 0.3) is 0 Å². The van der Waals surface area contributed by atoms with E-state index in [-0.39, 0.29) is 6.10 Å². The van der Waals surface area contributed by atoms with Gasteiger partial charge in [0, 0.05) is 13.1 Å². The van der Waals surface area contributed by atoms with Crippen molar-refractivity contribution in [3.05, 3.63) is 35.9 Å². The van der Waals surface area contributed by atoms with Gasteiger partial charge < -0.3 is 9.84 Å². The number of benzene rings is 1. The normalized spacial score (nSPS) is 13.2. The summed E-state index contributed by atoms with van der Waals surface area (Å²) in [4.78, 5) is 2.23. The van der Waals surface area contributed by atoms with Crippen molar-refractivity contribution in [1.82, 2.24) is 4.90 Å². The maximum atomic E-state index is 9.91. The van der Waals surface area contributed by atoms with Crippen molar-refractivity contribution in [2.45, 2.75) is 39.5 Å². The molecular formula is C15H25NO2. The maximum absolute atomic E-state index is 9.91. The van der Waals surface area contributed by atoms with Crippen LogP contribution < -0.4 is 0 Å². The first kappa shape index (κ1) is 15.2. The molecule has 18 heavy (non-hydrogen) atoms. The molecule has 3 nitrogen and oxygen atoms in total. The summed E-state index contributed by atoms with van der Waals surface area (Å²) in [6, 6.07) is 10.3. The highest BCUT2D eigenvalue weighted by Crippen LogP contribution is 2.05. The van der Waals surface area contributed by atoms with Crippen LogP contribution in [0.2, 0.25) is 0 Å². The summed E-state index contributed by atoms with van der Waals surface area (Å²) in [5, 5.41) is 9.91. The van der Waals surface area contributed by atoms with Gasteiger partial charge in [-0.25, -0.2) is 0 Å². The van der Waals surface area contributed by atoms with Crippen LogP contribution in [0, 0.1) is 0 Å². The standard InChI is InChI=1S/C15H25NO2/c1-4-16(10-14-8-6-5-7-9-14)11-15(17)12-18-13(2)3/h5-9,13,15,17H,4,10-12H2,1-3H3/t15-/m0/s1. The third kappa shape index (κ3) is 6.15. The monoisotopic (exact) mass is 251 g/mol. The van der Waals surface area contributed by atoms with E-state index in [4.69, 9.17) is 4.74 Å². The fourth-order valence-electron chi connectivity index (χ4n) is 1.80. The first-order valence-corrected chi connectivity index (χ1v) is 6.67. The van der Waals surface area contributed by atoms with Crippen LogP contribution in [-0.2, 0) is 11.3 Å². The summed E-state index contributed by atoms with van der Waals surface area (Å²) in [6.45, 7) is 8.92. The summed E-state index contributed by atoms with van der Waals surface area (Å²) < 4.78 is 5.42. The molecule has 0 aliphatic carbocycles. The molecule has 3 heteroatoms. The lowest BCUT2D eigenvalue weighted by molar-refractivity contribution is -0.00885. The largest absolute Gasteiger partial charge is 0.389 e. The van der Waals surface area contributed by atoms with E-state index in [0.29, 0.717) is 13.2 Å². The number of hydrogen-bond donors (Lipinski definition) is 1. The molecule has 0 spiro atoms. The minimum Gasteiger partial charge on any atom is -0.389 e. The lowest BCUT2D eigenvalue weighted by atomic mass is 10.2. The molecule has 0 heterocycles. The third-order valence-electron chi connectivity index (χ3n) is 2.79. The zero-order valence-corrected chi connectivity index (χ0v) is 11.7. The molecule has 0 unspecified atom stereocenters. The molecule has 0 amide bonds. The summed E-state index contributed by atoms with van der Waals surface area (Å²) in [5.74, 6) is 0. The molecule has 1 atom stereocenters. The number of rotatable bonds is 8. The molecule has 0 aromatic heterocycles. The van der Waals surface area contributed by atoms with E-state index in [1.807, 2.05) is 32.0 Å². The van der Waals surface area contributed by atoms with Gasteiger partial charge in [-0.2, -0.15) is 0 Å². The van der Waals surface area contributed by atoms with Gasteiger partial charge in [-0.3, -0.25) is 4.90 Å². The van der Waals surface area contributed by atoms with Crippen molar-refractivity contribution in [2.75, 3.05) is 19.7 Å². The Labute approximate surface area is 110 Å². The minimum atomic E-state index is -0.420. The van der Waals surface area contributed by atoms with E-state index in [1.165, 1.54) is 5.56 Å². The SMILES string of the molecule is CCN(Cc1ccccc1)C[C@H](O)COC(C)C. The van der Waals surface area contributed by atoms with Gasteiger partial charge in [-0.05, 0) is 26.0 Å². The smallest absolute Gasteiger partial charge is 0.0900 e. The molecule has 1 rings (SSSR count). The van der Waals surface area contributed by atoms with Gasteiger partial charge >= 0.3 is 0 Å². The van der Waals surface area contributed by atoms with Crippen LogP contribution in [0.5, 0.6) is 0 Å². The maximum Gasteiger partial charge on any atom is 0.0900 e. The Bertz CT molecular complexity index is 314. The van der Waals surface area contributed by atoms with Crippen LogP contribution in [0.15, 0.2) is 30.3 Å². The van der Waals surface area contributed by atoms with Gasteiger partial charge in [0.05, 0.1) is 18.8 Å². The molecule has 0 radical (unpaired) electrons. The number of hydrogen-bond acceptors (Lipinski definition) is 3. The molecule has 0 saturated heterocycles. The van der Waals surface area contributed by atoms with Crippen LogP contribution in [0.1, 0.15) is 26.3 Å². The Kier molecular flexibility index (Phi) is 6.94. The highest BCUT2D eigenvalue weighted by molar-refractivity contribution is 5.14. The summed E-state index contributed by atoms with van der Waals surface area (Å²) in [5.41, 5.74) is 1.27. The summed E-state index contributed by atoms with van der Waals surface area (Å²) in [6.07, 6.45) is -0.250. The van der Waals surface area contributed by atoms with E-state index in [0.717, 1.165) is 13.1 Å². The van der Waals surface area contributed by atoms with Gasteiger partial charge in [0.25, 0.3) is 0 Å². The van der Waals surface area contributed by atoms with Crippen molar-refractivity contribution in [3.63, 3.8) is 0 Å². The molecule has 1 aromatic carbocycles. The van der Waals surface area contributed by atoms with E-state index in [1.54, 1.807) is 0 Å². The fourth-order valence-corrected chi connectivity index (χ4v) is 1.80. The molecule has 0 aliphatic heterocycles. The van der Waals surface area contributed by atoms with E-state index in [2.05, 4.69) is 24.0 Å². The molecule has 0 saturated carbocycles. The minimum absolute atomic E-state index is 0.170. The van der Waals surface area contributed by atoms with Gasteiger partial charge in [-0.1, -0.05) is 37.3 Å². The van der Waals surface area contributed by atoms with E-state index >= 15 is 0 Å². The lowest BCUT2D eigenvalue weighted by Gasteiger charge is -2.24. The van der Waals surface area contributed by atoms with Crippen molar-refractivity contribution >= 4 is 0 Å². The number of aliphatic hydroxyl groups is 1. The van der Waals surface area contributed by atoms with Gasteiger partial charge in [-0.15, -0.1) is 0 Å². The summed E-state index contributed by atoms with van der Waals surface area (Å²) >= 11 is 0. The van der Waals surface area contributed by atoms with Crippen molar-refractivity contribution in [1.29, 1.82) is 0 Å². The Morgan fingerprint density at radius 2 is 1.89 bits per heavy atom. The number of aliphatic hydroxyl groups excluding tert-OH is 1. The quantitative estimate of drug-likeness (QED) is 0.769. The highest BCUT2D eigenvalue weighted by atomic mass is 16.5. The highest BCUT2D eigenvalue weighted by Gasteiger charge is 2.11. The first-order chi connectivity index (χ1) is 8.61. The van der Waals surface area contributed by atoms with Gasteiger partial charge in [0.2, 0.25) is 0 Å². The zero-order chi connectivity index (χ0) is 13.4. The predicted octanol–water partition coefficient (Wildman–Crippen LogP) is 2.29. The number of ether oxygens (including phenoxy) is 1. The Morgan fingerprint density at radius 3 is 2.44 bits per heavy atom. The number of likely N-dealkylation sites (N-methyl/N-ethyl adjacent to an activating group) is 1.